The lowest BCUT2D eigenvalue weighted by molar-refractivity contribution is -0.137. The van der Waals surface area contributed by atoms with Crippen molar-refractivity contribution in [1.29, 1.82) is 0 Å². The molecule has 1 rings (SSSR count). The van der Waals surface area contributed by atoms with Gasteiger partial charge in [0.05, 0.1) is 11.6 Å². The molecule has 0 heterocycles. The van der Waals surface area contributed by atoms with E-state index in [1.807, 2.05) is 0 Å². The lowest BCUT2D eigenvalue weighted by Gasteiger charge is -1.98. The van der Waals surface area contributed by atoms with Gasteiger partial charge in [0, 0.05) is 11.6 Å². The van der Waals surface area contributed by atoms with Crippen LogP contribution >= 0.6 is 11.6 Å². The van der Waals surface area contributed by atoms with Crippen molar-refractivity contribution in [3.05, 3.63) is 47.0 Å². The Kier molecular flexibility index (Phi) is 4.73. The number of halogens is 1. The molecule has 84 valence electrons. The third kappa shape index (κ3) is 3.51. The summed E-state index contributed by atoms with van der Waals surface area (Å²) in [6.45, 7) is 1.98. The summed E-state index contributed by atoms with van der Waals surface area (Å²) in [5, 5.41) is 0.362. The van der Waals surface area contributed by atoms with Crippen molar-refractivity contribution >= 4 is 23.4 Å². The Bertz CT molecular complexity index is 424. The van der Waals surface area contributed by atoms with Crippen LogP contribution in [0.5, 0.6) is 0 Å². The highest BCUT2D eigenvalue weighted by atomic mass is 35.5. The highest BCUT2D eigenvalue weighted by Crippen LogP contribution is 2.15. The highest BCUT2D eigenvalue weighted by Gasteiger charge is 2.06. The van der Waals surface area contributed by atoms with Gasteiger partial charge in [-0.05, 0) is 25.1 Å². The van der Waals surface area contributed by atoms with Gasteiger partial charge in [-0.25, -0.2) is 4.79 Å². The maximum Gasteiger partial charge on any atom is 0.330 e. The first kappa shape index (κ1) is 12.5. The molecule has 0 amide bonds. The van der Waals surface area contributed by atoms with E-state index in [9.17, 15) is 9.59 Å². The fraction of sp³-hybridized carbons (Fsp3) is 0.167. The van der Waals surface area contributed by atoms with Gasteiger partial charge in [-0.1, -0.05) is 23.7 Å². The third-order valence-corrected chi connectivity index (χ3v) is 2.13. The van der Waals surface area contributed by atoms with Gasteiger partial charge in [0.25, 0.3) is 0 Å². The Morgan fingerprint density at radius 3 is 2.62 bits per heavy atom. The lowest BCUT2D eigenvalue weighted by atomic mass is 10.1. The minimum Gasteiger partial charge on any atom is -0.463 e. The standard InChI is InChI=1S/C12H11ClO3/c1-2-16-12(15)8-7-11(14)9-5-3-4-6-10(9)13/h3-8H,2H2,1H3/b8-7+. The maximum atomic E-state index is 11.6. The molecule has 0 aliphatic heterocycles. The number of carbonyl (C=O) groups excluding carboxylic acids is 2. The summed E-state index contributed by atoms with van der Waals surface area (Å²) >= 11 is 5.82. The largest absolute Gasteiger partial charge is 0.463 e. The van der Waals surface area contributed by atoms with Crippen molar-refractivity contribution in [3.8, 4) is 0 Å². The number of hydrogen-bond acceptors (Lipinski definition) is 3. The Hall–Kier alpha value is -1.61. The van der Waals surface area contributed by atoms with Crippen LogP contribution in [0.15, 0.2) is 36.4 Å². The van der Waals surface area contributed by atoms with Crippen LogP contribution in [0.2, 0.25) is 5.02 Å². The second-order valence-corrected chi connectivity index (χ2v) is 3.34. The first-order valence-electron chi connectivity index (χ1n) is 4.79. The molecule has 0 saturated carbocycles. The average Bonchev–Trinajstić information content (AvgIpc) is 2.27. The number of hydrogen-bond donors (Lipinski definition) is 0. The molecule has 1 aromatic rings. The Labute approximate surface area is 98.7 Å². The van der Waals surface area contributed by atoms with E-state index in [0.29, 0.717) is 10.6 Å². The molecule has 0 atom stereocenters. The number of rotatable bonds is 4. The van der Waals surface area contributed by atoms with Gasteiger partial charge in [0.15, 0.2) is 5.78 Å². The predicted molar refractivity (Wildman–Crippen MR) is 61.6 cm³/mol. The quantitative estimate of drug-likeness (QED) is 0.460. The second-order valence-electron chi connectivity index (χ2n) is 2.93. The number of allylic oxidation sites excluding steroid dienone is 1. The second kappa shape index (κ2) is 6.08. The van der Waals surface area contributed by atoms with Crippen molar-refractivity contribution in [1.82, 2.24) is 0 Å². The van der Waals surface area contributed by atoms with Crippen molar-refractivity contribution in [3.63, 3.8) is 0 Å². The molecule has 0 radical (unpaired) electrons. The SMILES string of the molecule is CCOC(=O)/C=C/C(=O)c1ccccc1Cl. The molecule has 16 heavy (non-hydrogen) atoms. The molecule has 1 aromatic carbocycles. The fourth-order valence-electron chi connectivity index (χ4n) is 1.08. The minimum atomic E-state index is -0.539. The van der Waals surface area contributed by atoms with Gasteiger partial charge >= 0.3 is 5.97 Å². The van der Waals surface area contributed by atoms with Crippen LogP contribution in [-0.4, -0.2) is 18.4 Å². The number of esters is 1. The number of ether oxygens (including phenoxy) is 1. The summed E-state index contributed by atoms with van der Waals surface area (Å²) in [4.78, 5) is 22.6. The van der Waals surface area contributed by atoms with Gasteiger partial charge in [0.2, 0.25) is 0 Å². The van der Waals surface area contributed by atoms with E-state index in [1.54, 1.807) is 31.2 Å². The van der Waals surface area contributed by atoms with E-state index in [2.05, 4.69) is 4.74 Å². The van der Waals surface area contributed by atoms with Crippen LogP contribution < -0.4 is 0 Å². The van der Waals surface area contributed by atoms with Crippen LogP contribution in [0.3, 0.4) is 0 Å². The molecule has 0 spiro atoms. The maximum absolute atomic E-state index is 11.6. The Morgan fingerprint density at radius 2 is 2.00 bits per heavy atom. The molecule has 0 aromatic heterocycles. The van der Waals surface area contributed by atoms with Crippen molar-refractivity contribution < 1.29 is 14.3 Å². The normalized spacial score (nSPS) is 10.4. The predicted octanol–water partition coefficient (Wildman–Crippen LogP) is 2.64. The molecule has 0 aliphatic carbocycles. The number of carbonyl (C=O) groups is 2. The zero-order valence-electron chi connectivity index (χ0n) is 8.77. The topological polar surface area (TPSA) is 43.4 Å². The number of ketones is 1. The van der Waals surface area contributed by atoms with E-state index in [4.69, 9.17) is 11.6 Å². The fourth-order valence-corrected chi connectivity index (χ4v) is 1.31. The molecule has 0 bridgehead atoms. The van der Waals surface area contributed by atoms with Crippen molar-refractivity contribution in [2.75, 3.05) is 6.61 Å². The van der Waals surface area contributed by atoms with E-state index in [1.165, 1.54) is 0 Å². The minimum absolute atomic E-state index is 0.281. The zero-order chi connectivity index (χ0) is 12.0. The summed E-state index contributed by atoms with van der Waals surface area (Å²) in [5.74, 6) is -0.860. The van der Waals surface area contributed by atoms with E-state index < -0.39 is 5.97 Å². The summed E-state index contributed by atoms with van der Waals surface area (Å²) in [6, 6.07) is 6.65. The molecule has 0 fully saturated rings. The lowest BCUT2D eigenvalue weighted by Crippen LogP contribution is -2.01. The van der Waals surface area contributed by atoms with Gasteiger partial charge in [-0.15, -0.1) is 0 Å². The Balaban J connectivity index is 2.73. The Morgan fingerprint density at radius 1 is 1.31 bits per heavy atom. The highest BCUT2D eigenvalue weighted by molar-refractivity contribution is 6.34. The third-order valence-electron chi connectivity index (χ3n) is 1.80. The monoisotopic (exact) mass is 238 g/mol. The first-order chi connectivity index (χ1) is 7.65. The van der Waals surface area contributed by atoms with E-state index >= 15 is 0 Å². The van der Waals surface area contributed by atoms with Gasteiger partial charge in [-0.3, -0.25) is 4.79 Å². The molecule has 0 unspecified atom stereocenters. The zero-order valence-corrected chi connectivity index (χ0v) is 9.53. The first-order valence-corrected chi connectivity index (χ1v) is 5.16. The summed E-state index contributed by atoms with van der Waals surface area (Å²) in [6.07, 6.45) is 2.24. The summed E-state index contributed by atoms with van der Waals surface area (Å²) < 4.78 is 4.65. The van der Waals surface area contributed by atoms with Gasteiger partial charge in [-0.2, -0.15) is 0 Å². The van der Waals surface area contributed by atoms with Crippen molar-refractivity contribution in [2.24, 2.45) is 0 Å². The summed E-state index contributed by atoms with van der Waals surface area (Å²) in [7, 11) is 0. The molecule has 0 saturated heterocycles. The van der Waals surface area contributed by atoms with E-state index in [0.717, 1.165) is 12.2 Å². The van der Waals surface area contributed by atoms with E-state index in [-0.39, 0.29) is 12.4 Å². The number of benzene rings is 1. The van der Waals surface area contributed by atoms with Crippen LogP contribution in [0.25, 0.3) is 0 Å². The van der Waals surface area contributed by atoms with Gasteiger partial charge < -0.3 is 4.74 Å². The molecule has 0 aliphatic rings. The average molecular weight is 239 g/mol. The van der Waals surface area contributed by atoms with Crippen LogP contribution in [0.4, 0.5) is 0 Å². The molecular formula is C12H11ClO3. The molecule has 3 nitrogen and oxygen atoms in total. The molecule has 0 N–H and O–H groups in total. The van der Waals surface area contributed by atoms with Crippen LogP contribution in [0, 0.1) is 0 Å². The van der Waals surface area contributed by atoms with Crippen LogP contribution in [-0.2, 0) is 9.53 Å². The molecule has 4 heteroatoms. The molecular weight excluding hydrogens is 228 g/mol. The van der Waals surface area contributed by atoms with Crippen LogP contribution in [0.1, 0.15) is 17.3 Å². The summed E-state index contributed by atoms with van der Waals surface area (Å²) in [5.41, 5.74) is 0.365. The van der Waals surface area contributed by atoms with Crippen molar-refractivity contribution in [2.45, 2.75) is 6.92 Å². The van der Waals surface area contributed by atoms with Gasteiger partial charge in [0.1, 0.15) is 0 Å². The smallest absolute Gasteiger partial charge is 0.330 e.